The van der Waals surface area contributed by atoms with Gasteiger partial charge in [0.1, 0.15) is 0 Å². The molecule has 3 N–H and O–H groups in total. The fourth-order valence-electron chi connectivity index (χ4n) is 1.84. The van der Waals surface area contributed by atoms with E-state index in [2.05, 4.69) is 5.32 Å². The number of nitrogens with two attached hydrogens (primary N) is 1. The first-order chi connectivity index (χ1) is 9.40. The van der Waals surface area contributed by atoms with Crippen LogP contribution in [0.2, 0.25) is 10.0 Å². The number of nitrogen functional groups attached to an aromatic ring is 1. The largest absolute Gasteiger partial charge is 0.399 e. The third kappa shape index (κ3) is 2.89. The van der Waals surface area contributed by atoms with E-state index in [0.717, 1.165) is 11.1 Å². The molecule has 2 rings (SSSR count). The van der Waals surface area contributed by atoms with Gasteiger partial charge in [0.15, 0.2) is 0 Å². The van der Waals surface area contributed by atoms with Crippen molar-refractivity contribution in [3.8, 4) is 0 Å². The number of anilines is 2. The molecule has 0 atom stereocenters. The van der Waals surface area contributed by atoms with Crippen molar-refractivity contribution < 1.29 is 4.79 Å². The predicted molar refractivity (Wildman–Crippen MR) is 84.7 cm³/mol. The van der Waals surface area contributed by atoms with E-state index in [1.165, 1.54) is 0 Å². The molecule has 20 heavy (non-hydrogen) atoms. The summed E-state index contributed by atoms with van der Waals surface area (Å²) in [5.74, 6) is -0.301. The highest BCUT2D eigenvalue weighted by Gasteiger charge is 2.14. The first kappa shape index (κ1) is 14.7. The summed E-state index contributed by atoms with van der Waals surface area (Å²) >= 11 is 11.9. The Morgan fingerprint density at radius 2 is 1.85 bits per heavy atom. The fourth-order valence-corrected chi connectivity index (χ4v) is 2.23. The molecular weight excluding hydrogens is 295 g/mol. The van der Waals surface area contributed by atoms with E-state index in [9.17, 15) is 4.79 Å². The van der Waals surface area contributed by atoms with Crippen LogP contribution in [0, 0.1) is 13.8 Å². The summed E-state index contributed by atoms with van der Waals surface area (Å²) in [5, 5.41) is 3.42. The zero-order valence-corrected chi connectivity index (χ0v) is 12.6. The number of halogens is 2. The summed E-state index contributed by atoms with van der Waals surface area (Å²) in [4.78, 5) is 12.3. The summed E-state index contributed by atoms with van der Waals surface area (Å²) in [6.07, 6.45) is 0. The second-order valence-corrected chi connectivity index (χ2v) is 5.36. The number of aryl methyl sites for hydroxylation is 2. The summed E-state index contributed by atoms with van der Waals surface area (Å²) in [6.45, 7) is 3.77. The van der Waals surface area contributed by atoms with Gasteiger partial charge in [-0.1, -0.05) is 29.3 Å². The average Bonchev–Trinajstić information content (AvgIpc) is 2.39. The SMILES string of the molecule is Cc1cc(NC(=O)c2cccc(Cl)c2Cl)c(C)cc1N. The molecular formula is C15H14Cl2N2O. The quantitative estimate of drug-likeness (QED) is 0.806. The van der Waals surface area contributed by atoms with Gasteiger partial charge in [-0.3, -0.25) is 4.79 Å². The zero-order chi connectivity index (χ0) is 14.9. The molecule has 0 aliphatic heterocycles. The van der Waals surface area contributed by atoms with Crippen LogP contribution in [0.1, 0.15) is 21.5 Å². The summed E-state index contributed by atoms with van der Waals surface area (Å²) in [7, 11) is 0. The lowest BCUT2D eigenvalue weighted by atomic mass is 10.1. The molecule has 2 aromatic rings. The van der Waals surface area contributed by atoms with Crippen LogP contribution < -0.4 is 11.1 Å². The Labute approximate surface area is 127 Å². The Morgan fingerprint density at radius 1 is 1.15 bits per heavy atom. The van der Waals surface area contributed by atoms with Gasteiger partial charge in [0.05, 0.1) is 15.6 Å². The second-order valence-electron chi connectivity index (χ2n) is 4.58. The molecule has 0 saturated carbocycles. The van der Waals surface area contributed by atoms with E-state index in [1.54, 1.807) is 18.2 Å². The molecule has 0 bridgehead atoms. The lowest BCUT2D eigenvalue weighted by Crippen LogP contribution is -2.13. The number of hydrogen-bond acceptors (Lipinski definition) is 2. The van der Waals surface area contributed by atoms with E-state index >= 15 is 0 Å². The summed E-state index contributed by atoms with van der Waals surface area (Å²) < 4.78 is 0. The van der Waals surface area contributed by atoms with Gasteiger partial charge in [-0.15, -0.1) is 0 Å². The van der Waals surface area contributed by atoms with Crippen LogP contribution >= 0.6 is 23.2 Å². The molecule has 0 spiro atoms. The van der Waals surface area contributed by atoms with Gasteiger partial charge < -0.3 is 11.1 Å². The van der Waals surface area contributed by atoms with Crippen LogP contribution in [-0.4, -0.2) is 5.91 Å². The van der Waals surface area contributed by atoms with Crippen LogP contribution in [-0.2, 0) is 0 Å². The number of carbonyl (C=O) groups is 1. The maximum atomic E-state index is 12.3. The van der Waals surface area contributed by atoms with E-state index in [0.29, 0.717) is 22.0 Å². The lowest BCUT2D eigenvalue weighted by Gasteiger charge is -2.12. The highest BCUT2D eigenvalue weighted by atomic mass is 35.5. The van der Waals surface area contributed by atoms with Crippen LogP contribution in [0.4, 0.5) is 11.4 Å². The standard InChI is InChI=1S/C15H14Cl2N2O/c1-8-7-13(9(2)6-12(8)18)19-15(20)10-4-3-5-11(16)14(10)17/h3-7H,18H2,1-2H3,(H,19,20). The molecule has 5 heteroatoms. The minimum Gasteiger partial charge on any atom is -0.399 e. The Bertz CT molecular complexity index is 684. The number of benzene rings is 2. The van der Waals surface area contributed by atoms with E-state index in [4.69, 9.17) is 28.9 Å². The number of rotatable bonds is 2. The summed E-state index contributed by atoms with van der Waals surface area (Å²) in [5.41, 5.74) is 9.36. The van der Waals surface area contributed by atoms with Crippen molar-refractivity contribution in [2.75, 3.05) is 11.1 Å². The first-order valence-corrected chi connectivity index (χ1v) is 6.78. The Morgan fingerprint density at radius 3 is 2.55 bits per heavy atom. The zero-order valence-electron chi connectivity index (χ0n) is 11.1. The van der Waals surface area contributed by atoms with Crippen molar-refractivity contribution in [3.05, 3.63) is 57.1 Å². The predicted octanol–water partition coefficient (Wildman–Crippen LogP) is 4.44. The van der Waals surface area contributed by atoms with Gasteiger partial charge in [-0.25, -0.2) is 0 Å². The molecule has 0 aliphatic carbocycles. The van der Waals surface area contributed by atoms with E-state index in [-0.39, 0.29) is 10.9 Å². The van der Waals surface area contributed by atoms with Crippen molar-refractivity contribution in [1.29, 1.82) is 0 Å². The lowest BCUT2D eigenvalue weighted by molar-refractivity contribution is 0.102. The van der Waals surface area contributed by atoms with Crippen molar-refractivity contribution in [1.82, 2.24) is 0 Å². The van der Waals surface area contributed by atoms with Gasteiger partial charge >= 0.3 is 0 Å². The molecule has 3 nitrogen and oxygen atoms in total. The molecule has 2 aromatic carbocycles. The smallest absolute Gasteiger partial charge is 0.257 e. The minimum atomic E-state index is -0.301. The van der Waals surface area contributed by atoms with Crippen LogP contribution in [0.15, 0.2) is 30.3 Å². The fraction of sp³-hybridized carbons (Fsp3) is 0.133. The van der Waals surface area contributed by atoms with Gasteiger partial charge in [-0.05, 0) is 49.2 Å². The Balaban J connectivity index is 2.33. The number of amides is 1. The third-order valence-corrected chi connectivity index (χ3v) is 3.88. The molecule has 104 valence electrons. The van der Waals surface area contributed by atoms with Crippen molar-refractivity contribution in [3.63, 3.8) is 0 Å². The van der Waals surface area contributed by atoms with E-state index in [1.807, 2.05) is 26.0 Å². The van der Waals surface area contributed by atoms with Gasteiger partial charge in [0.25, 0.3) is 5.91 Å². The minimum absolute atomic E-state index is 0.247. The number of hydrogen-bond donors (Lipinski definition) is 2. The average molecular weight is 309 g/mol. The Hall–Kier alpha value is -1.71. The molecule has 0 fully saturated rings. The highest BCUT2D eigenvalue weighted by molar-refractivity contribution is 6.44. The first-order valence-electron chi connectivity index (χ1n) is 6.02. The molecule has 0 aromatic heterocycles. The maximum Gasteiger partial charge on any atom is 0.257 e. The van der Waals surface area contributed by atoms with Gasteiger partial charge in [0.2, 0.25) is 0 Å². The monoisotopic (exact) mass is 308 g/mol. The number of carbonyl (C=O) groups excluding carboxylic acids is 1. The molecule has 0 saturated heterocycles. The van der Waals surface area contributed by atoms with Crippen LogP contribution in [0.3, 0.4) is 0 Å². The topological polar surface area (TPSA) is 55.1 Å². The van der Waals surface area contributed by atoms with Crippen molar-refractivity contribution in [2.24, 2.45) is 0 Å². The van der Waals surface area contributed by atoms with Gasteiger partial charge in [-0.2, -0.15) is 0 Å². The van der Waals surface area contributed by atoms with E-state index < -0.39 is 0 Å². The molecule has 0 aliphatic rings. The molecule has 0 unspecified atom stereocenters. The molecule has 0 radical (unpaired) electrons. The molecule has 1 amide bonds. The Kier molecular flexibility index (Phi) is 4.21. The second kappa shape index (κ2) is 5.73. The van der Waals surface area contributed by atoms with Gasteiger partial charge in [0, 0.05) is 11.4 Å². The van der Waals surface area contributed by atoms with Crippen LogP contribution in [0.25, 0.3) is 0 Å². The highest BCUT2D eigenvalue weighted by Crippen LogP contribution is 2.27. The summed E-state index contributed by atoms with van der Waals surface area (Å²) in [6, 6.07) is 8.61. The third-order valence-electron chi connectivity index (χ3n) is 3.06. The maximum absolute atomic E-state index is 12.3. The number of nitrogens with one attached hydrogen (secondary N) is 1. The molecule has 0 heterocycles. The van der Waals surface area contributed by atoms with Crippen LogP contribution in [0.5, 0.6) is 0 Å². The van der Waals surface area contributed by atoms with Crippen molar-refractivity contribution in [2.45, 2.75) is 13.8 Å². The van der Waals surface area contributed by atoms with Crippen molar-refractivity contribution >= 4 is 40.5 Å². The normalized spacial score (nSPS) is 10.4.